The molecule has 2 amide bonds. The monoisotopic (exact) mass is 413 g/mol. The van der Waals surface area contributed by atoms with Crippen LogP contribution in [0.2, 0.25) is 10.2 Å². The fourth-order valence-corrected chi connectivity index (χ4v) is 2.95. The second-order valence-electron chi connectivity index (χ2n) is 5.96. The van der Waals surface area contributed by atoms with E-state index < -0.39 is 5.91 Å². The maximum Gasteiger partial charge on any atom is 0.275 e. The van der Waals surface area contributed by atoms with Crippen molar-refractivity contribution in [3.05, 3.63) is 93.7 Å². The van der Waals surface area contributed by atoms with E-state index in [0.29, 0.717) is 24.2 Å². The van der Waals surface area contributed by atoms with E-state index in [2.05, 4.69) is 15.6 Å². The molecule has 1 aromatic heterocycles. The molecule has 0 atom stereocenters. The van der Waals surface area contributed by atoms with E-state index in [1.807, 2.05) is 30.3 Å². The number of para-hydroxylation sites is 1. The van der Waals surface area contributed by atoms with Gasteiger partial charge in [0.25, 0.3) is 11.8 Å². The minimum Gasteiger partial charge on any atom is -0.352 e. The lowest BCUT2D eigenvalue weighted by atomic mass is 10.1. The summed E-state index contributed by atoms with van der Waals surface area (Å²) in [7, 11) is 0. The molecule has 3 aromatic rings. The molecule has 0 saturated carbocycles. The van der Waals surface area contributed by atoms with Crippen molar-refractivity contribution in [1.29, 1.82) is 0 Å². The predicted molar refractivity (Wildman–Crippen MR) is 111 cm³/mol. The smallest absolute Gasteiger partial charge is 0.275 e. The molecule has 0 radical (unpaired) electrons. The van der Waals surface area contributed by atoms with Crippen molar-refractivity contribution in [2.75, 3.05) is 11.9 Å². The molecule has 28 heavy (non-hydrogen) atoms. The van der Waals surface area contributed by atoms with Crippen LogP contribution in [0.25, 0.3) is 0 Å². The van der Waals surface area contributed by atoms with Crippen LogP contribution in [0.4, 0.5) is 5.69 Å². The molecule has 0 unspecified atom stereocenters. The van der Waals surface area contributed by atoms with Crippen LogP contribution < -0.4 is 10.6 Å². The number of hydrogen-bond donors (Lipinski definition) is 2. The summed E-state index contributed by atoms with van der Waals surface area (Å²) in [6.45, 7) is 0.479. The van der Waals surface area contributed by atoms with Crippen LogP contribution in [-0.4, -0.2) is 23.3 Å². The number of nitrogens with one attached hydrogen (secondary N) is 2. The molecule has 1 heterocycles. The SMILES string of the molecule is O=C(NCCc1ccccc1)c1ccccc1NC(=O)c1nc(Cl)ccc1Cl. The zero-order valence-electron chi connectivity index (χ0n) is 14.8. The van der Waals surface area contributed by atoms with Gasteiger partial charge in [-0.2, -0.15) is 0 Å². The first-order chi connectivity index (χ1) is 13.5. The molecular weight excluding hydrogens is 397 g/mol. The molecule has 0 saturated heterocycles. The van der Waals surface area contributed by atoms with Crippen molar-refractivity contribution in [3.63, 3.8) is 0 Å². The normalized spacial score (nSPS) is 10.4. The number of anilines is 1. The second kappa shape index (κ2) is 9.35. The van der Waals surface area contributed by atoms with Gasteiger partial charge in [-0.3, -0.25) is 9.59 Å². The molecule has 0 aliphatic rings. The number of halogens is 2. The first-order valence-corrected chi connectivity index (χ1v) is 9.35. The van der Waals surface area contributed by atoms with Gasteiger partial charge in [0.15, 0.2) is 0 Å². The number of aromatic nitrogens is 1. The lowest BCUT2D eigenvalue weighted by Crippen LogP contribution is -2.27. The average molecular weight is 414 g/mol. The summed E-state index contributed by atoms with van der Waals surface area (Å²) in [5.74, 6) is -0.825. The van der Waals surface area contributed by atoms with Crippen LogP contribution >= 0.6 is 23.2 Å². The van der Waals surface area contributed by atoms with E-state index in [1.54, 1.807) is 24.3 Å². The lowest BCUT2D eigenvalue weighted by Gasteiger charge is -2.12. The number of carbonyl (C=O) groups is 2. The fourth-order valence-electron chi connectivity index (χ4n) is 2.61. The third kappa shape index (κ3) is 5.09. The van der Waals surface area contributed by atoms with Crippen molar-refractivity contribution in [2.24, 2.45) is 0 Å². The summed E-state index contributed by atoms with van der Waals surface area (Å²) in [6, 6.07) is 19.6. The molecule has 3 rings (SSSR count). The number of carbonyl (C=O) groups excluding carboxylic acids is 2. The van der Waals surface area contributed by atoms with E-state index in [1.165, 1.54) is 12.1 Å². The van der Waals surface area contributed by atoms with E-state index in [0.717, 1.165) is 5.56 Å². The third-order valence-electron chi connectivity index (χ3n) is 3.99. The van der Waals surface area contributed by atoms with Gasteiger partial charge in [-0.1, -0.05) is 65.7 Å². The highest BCUT2D eigenvalue weighted by molar-refractivity contribution is 6.35. The van der Waals surface area contributed by atoms with E-state index in [9.17, 15) is 9.59 Å². The molecule has 2 N–H and O–H groups in total. The summed E-state index contributed by atoms with van der Waals surface area (Å²) in [5.41, 5.74) is 1.84. The minimum atomic E-state index is -0.544. The molecule has 2 aromatic carbocycles. The van der Waals surface area contributed by atoms with E-state index in [-0.39, 0.29) is 21.8 Å². The van der Waals surface area contributed by atoms with Crippen LogP contribution in [0, 0.1) is 0 Å². The van der Waals surface area contributed by atoms with Crippen LogP contribution in [0.15, 0.2) is 66.7 Å². The first kappa shape index (κ1) is 19.9. The highest BCUT2D eigenvalue weighted by atomic mass is 35.5. The number of benzene rings is 2. The van der Waals surface area contributed by atoms with Crippen LogP contribution in [-0.2, 0) is 6.42 Å². The van der Waals surface area contributed by atoms with Crippen LogP contribution in [0.5, 0.6) is 0 Å². The Morgan fingerprint density at radius 2 is 1.57 bits per heavy atom. The number of pyridine rings is 1. The number of hydrogen-bond acceptors (Lipinski definition) is 3. The van der Waals surface area contributed by atoms with Gasteiger partial charge >= 0.3 is 0 Å². The van der Waals surface area contributed by atoms with Gasteiger partial charge in [0.2, 0.25) is 0 Å². The molecule has 142 valence electrons. The van der Waals surface area contributed by atoms with Gasteiger partial charge < -0.3 is 10.6 Å². The van der Waals surface area contributed by atoms with Crippen molar-refractivity contribution in [3.8, 4) is 0 Å². The van der Waals surface area contributed by atoms with Gasteiger partial charge in [-0.25, -0.2) is 4.98 Å². The quantitative estimate of drug-likeness (QED) is 0.579. The summed E-state index contributed by atoms with van der Waals surface area (Å²) in [4.78, 5) is 29.0. The third-order valence-corrected chi connectivity index (χ3v) is 4.50. The van der Waals surface area contributed by atoms with Crippen LogP contribution in [0.3, 0.4) is 0 Å². The minimum absolute atomic E-state index is 0.00606. The Morgan fingerprint density at radius 1 is 0.857 bits per heavy atom. The summed E-state index contributed by atoms with van der Waals surface area (Å²) in [5, 5.41) is 5.87. The molecule has 5 nitrogen and oxygen atoms in total. The van der Waals surface area contributed by atoms with Gasteiger partial charge in [0.05, 0.1) is 16.3 Å². The molecule has 0 spiro atoms. The highest BCUT2D eigenvalue weighted by Crippen LogP contribution is 2.20. The largest absolute Gasteiger partial charge is 0.352 e. The number of nitrogens with zero attached hydrogens (tertiary/aromatic N) is 1. The average Bonchev–Trinajstić information content (AvgIpc) is 2.71. The standard InChI is InChI=1S/C21H17Cl2N3O2/c22-16-10-11-18(23)26-19(16)21(28)25-17-9-5-4-8-15(17)20(27)24-13-12-14-6-2-1-3-7-14/h1-11H,12-13H2,(H,24,27)(H,25,28). The van der Waals surface area contributed by atoms with Crippen molar-refractivity contribution >= 4 is 40.7 Å². The Balaban J connectivity index is 1.69. The maximum absolute atomic E-state index is 12.6. The molecule has 0 aliphatic carbocycles. The van der Waals surface area contributed by atoms with Gasteiger partial charge in [-0.05, 0) is 36.2 Å². The Hall–Kier alpha value is -2.89. The van der Waals surface area contributed by atoms with Crippen molar-refractivity contribution in [2.45, 2.75) is 6.42 Å². The molecular formula is C21H17Cl2N3O2. The zero-order valence-corrected chi connectivity index (χ0v) is 16.3. The van der Waals surface area contributed by atoms with Gasteiger partial charge in [0, 0.05) is 6.54 Å². The van der Waals surface area contributed by atoms with Crippen molar-refractivity contribution in [1.82, 2.24) is 10.3 Å². The second-order valence-corrected chi connectivity index (χ2v) is 6.75. The maximum atomic E-state index is 12.6. The van der Waals surface area contributed by atoms with Crippen molar-refractivity contribution < 1.29 is 9.59 Å². The van der Waals surface area contributed by atoms with Gasteiger partial charge in [0.1, 0.15) is 10.8 Å². The fraction of sp³-hybridized carbons (Fsp3) is 0.0952. The van der Waals surface area contributed by atoms with E-state index >= 15 is 0 Å². The Labute approximate surface area is 172 Å². The summed E-state index contributed by atoms with van der Waals surface area (Å²) >= 11 is 11.9. The van der Waals surface area contributed by atoms with Crippen LogP contribution in [0.1, 0.15) is 26.4 Å². The topological polar surface area (TPSA) is 71.1 Å². The molecule has 7 heteroatoms. The highest BCUT2D eigenvalue weighted by Gasteiger charge is 2.17. The van der Waals surface area contributed by atoms with Gasteiger partial charge in [-0.15, -0.1) is 0 Å². The number of rotatable bonds is 6. The van der Waals surface area contributed by atoms with E-state index in [4.69, 9.17) is 23.2 Å². The Kier molecular flexibility index (Phi) is 6.63. The molecule has 0 fully saturated rings. The summed E-state index contributed by atoms with van der Waals surface area (Å²) < 4.78 is 0. The number of amides is 2. The summed E-state index contributed by atoms with van der Waals surface area (Å²) in [6.07, 6.45) is 0.711. The molecule has 0 bridgehead atoms. The predicted octanol–water partition coefficient (Wildman–Crippen LogP) is 4.61. The Bertz CT molecular complexity index is 994. The molecule has 0 aliphatic heterocycles. The first-order valence-electron chi connectivity index (χ1n) is 8.59. The lowest BCUT2D eigenvalue weighted by molar-refractivity contribution is 0.0955. The Morgan fingerprint density at radius 3 is 2.36 bits per heavy atom. The zero-order chi connectivity index (χ0) is 19.9.